The molecule has 2 amide bonds. The molecule has 0 radical (unpaired) electrons. The highest BCUT2D eigenvalue weighted by Gasteiger charge is 2.34. The monoisotopic (exact) mass is 579 g/mol. The summed E-state index contributed by atoms with van der Waals surface area (Å²) in [5, 5.41) is 3.31. The molecule has 0 heterocycles. The molecule has 38 heavy (non-hydrogen) atoms. The third-order valence-electron chi connectivity index (χ3n) is 5.81. The second-order valence-corrected chi connectivity index (χ2v) is 11.0. The van der Waals surface area contributed by atoms with Gasteiger partial charge in [0.25, 0.3) is 10.0 Å². The van der Waals surface area contributed by atoms with Crippen LogP contribution < -0.4 is 9.62 Å². The molecule has 3 rings (SSSR count). The summed E-state index contributed by atoms with van der Waals surface area (Å²) >= 11 is 12.2. The lowest BCUT2D eigenvalue weighted by atomic mass is 10.1. The van der Waals surface area contributed by atoms with Gasteiger partial charge in [0, 0.05) is 13.1 Å². The molecule has 0 saturated heterocycles. The molecule has 0 aromatic heterocycles. The number of carbonyl (C=O) groups is 2. The summed E-state index contributed by atoms with van der Waals surface area (Å²) in [4.78, 5) is 27.9. The number of hydrogen-bond donors (Lipinski definition) is 1. The zero-order valence-corrected chi connectivity index (χ0v) is 23.2. The molecule has 1 atom stereocenters. The number of nitrogens with zero attached hydrogens (tertiary/aromatic N) is 2. The van der Waals surface area contributed by atoms with Crippen molar-refractivity contribution < 1.29 is 22.4 Å². The summed E-state index contributed by atoms with van der Waals surface area (Å²) < 4.78 is 42.9. The van der Waals surface area contributed by atoms with E-state index in [4.69, 9.17) is 23.2 Å². The van der Waals surface area contributed by atoms with E-state index in [0.29, 0.717) is 17.1 Å². The number of likely N-dealkylation sites (N-methyl/N-ethyl adjacent to an activating group) is 1. The summed E-state index contributed by atoms with van der Waals surface area (Å²) in [6.45, 7) is 3.04. The Morgan fingerprint density at radius 2 is 1.61 bits per heavy atom. The minimum atomic E-state index is -4.35. The van der Waals surface area contributed by atoms with Crippen LogP contribution in [0, 0.1) is 5.82 Å². The van der Waals surface area contributed by atoms with Crippen LogP contribution in [0.1, 0.15) is 25.8 Å². The molecule has 0 aliphatic rings. The first-order valence-corrected chi connectivity index (χ1v) is 14.1. The molecule has 0 aliphatic carbocycles. The van der Waals surface area contributed by atoms with Crippen molar-refractivity contribution in [3.05, 3.63) is 94.2 Å². The van der Waals surface area contributed by atoms with E-state index in [1.165, 1.54) is 47.4 Å². The number of para-hydroxylation sites is 1. The fraction of sp³-hybridized carbons (Fsp3) is 0.259. The standard InChI is InChI=1S/C27H28Cl2FN3O4S/c1-3-24(27(35)31-4-2)32(17-19-14-15-21(28)22(29)16-19)26(34)18-33(25-13-9-8-12-23(25)30)38(36,37)20-10-6-5-7-11-20/h5-16,24H,3-4,17-18H2,1-2H3,(H,31,35). The average molecular weight is 581 g/mol. The van der Waals surface area contributed by atoms with Crippen LogP contribution in [0.4, 0.5) is 10.1 Å². The minimum Gasteiger partial charge on any atom is -0.355 e. The van der Waals surface area contributed by atoms with E-state index in [1.807, 2.05) is 0 Å². The largest absolute Gasteiger partial charge is 0.355 e. The van der Waals surface area contributed by atoms with Crippen molar-refractivity contribution in [2.75, 3.05) is 17.4 Å². The van der Waals surface area contributed by atoms with Gasteiger partial charge >= 0.3 is 0 Å². The Morgan fingerprint density at radius 3 is 2.21 bits per heavy atom. The average Bonchev–Trinajstić information content (AvgIpc) is 2.90. The number of benzene rings is 3. The van der Waals surface area contributed by atoms with E-state index >= 15 is 0 Å². The number of carbonyl (C=O) groups excluding carboxylic acids is 2. The first kappa shape index (κ1) is 29.4. The zero-order chi connectivity index (χ0) is 27.9. The predicted octanol–water partition coefficient (Wildman–Crippen LogP) is 5.27. The van der Waals surface area contributed by atoms with Gasteiger partial charge < -0.3 is 10.2 Å². The molecule has 11 heteroatoms. The molecular formula is C27H28Cl2FN3O4S. The van der Waals surface area contributed by atoms with E-state index in [1.54, 1.807) is 38.1 Å². The number of nitrogens with one attached hydrogen (secondary N) is 1. The predicted molar refractivity (Wildman–Crippen MR) is 147 cm³/mol. The van der Waals surface area contributed by atoms with Gasteiger partial charge in [0.1, 0.15) is 18.4 Å². The van der Waals surface area contributed by atoms with E-state index in [9.17, 15) is 22.4 Å². The van der Waals surface area contributed by atoms with Gasteiger partial charge in [-0.15, -0.1) is 0 Å². The summed E-state index contributed by atoms with van der Waals surface area (Å²) in [5.41, 5.74) is 0.295. The number of anilines is 1. The SMILES string of the molecule is CCNC(=O)C(CC)N(Cc1ccc(Cl)c(Cl)c1)C(=O)CN(c1ccccc1F)S(=O)(=O)c1ccccc1. The van der Waals surface area contributed by atoms with Crippen LogP contribution in [-0.2, 0) is 26.2 Å². The van der Waals surface area contributed by atoms with Crippen molar-refractivity contribution in [2.45, 2.75) is 37.8 Å². The number of hydrogen-bond acceptors (Lipinski definition) is 4. The second-order valence-electron chi connectivity index (χ2n) is 8.36. The van der Waals surface area contributed by atoms with Gasteiger partial charge in [0.2, 0.25) is 11.8 Å². The van der Waals surface area contributed by atoms with Crippen LogP contribution in [0.2, 0.25) is 10.0 Å². The maximum absolute atomic E-state index is 14.9. The molecule has 0 fully saturated rings. The van der Waals surface area contributed by atoms with Gasteiger partial charge in [-0.2, -0.15) is 0 Å². The van der Waals surface area contributed by atoms with Crippen molar-refractivity contribution in [2.24, 2.45) is 0 Å². The van der Waals surface area contributed by atoms with E-state index in [0.717, 1.165) is 10.4 Å². The van der Waals surface area contributed by atoms with E-state index in [2.05, 4.69) is 5.32 Å². The first-order chi connectivity index (χ1) is 18.1. The molecule has 0 bridgehead atoms. The molecule has 7 nitrogen and oxygen atoms in total. The topological polar surface area (TPSA) is 86.8 Å². The van der Waals surface area contributed by atoms with Crippen LogP contribution >= 0.6 is 23.2 Å². The molecule has 202 valence electrons. The highest BCUT2D eigenvalue weighted by Crippen LogP contribution is 2.28. The number of amides is 2. The lowest BCUT2D eigenvalue weighted by Crippen LogP contribution is -2.52. The Balaban J connectivity index is 2.07. The molecule has 3 aromatic carbocycles. The molecule has 0 aliphatic heterocycles. The number of halogens is 3. The summed E-state index contributed by atoms with van der Waals surface area (Å²) in [7, 11) is -4.35. The Bertz CT molecular complexity index is 1390. The summed E-state index contributed by atoms with van der Waals surface area (Å²) in [6.07, 6.45) is 0.254. The molecule has 0 spiro atoms. The molecular weight excluding hydrogens is 552 g/mol. The van der Waals surface area contributed by atoms with Crippen LogP contribution in [-0.4, -0.2) is 44.3 Å². The highest BCUT2D eigenvalue weighted by molar-refractivity contribution is 7.92. The normalized spacial score (nSPS) is 12.0. The lowest BCUT2D eigenvalue weighted by molar-refractivity contribution is -0.140. The third-order valence-corrected chi connectivity index (χ3v) is 8.32. The quantitative estimate of drug-likeness (QED) is 0.335. The minimum absolute atomic E-state index is 0.0537. The smallest absolute Gasteiger partial charge is 0.264 e. The van der Waals surface area contributed by atoms with Gasteiger partial charge in [0.05, 0.1) is 20.6 Å². The lowest BCUT2D eigenvalue weighted by Gasteiger charge is -2.33. The van der Waals surface area contributed by atoms with Crippen molar-refractivity contribution in [3.63, 3.8) is 0 Å². The second kappa shape index (κ2) is 13.1. The Hall–Kier alpha value is -3.14. The summed E-state index contributed by atoms with van der Waals surface area (Å²) in [5.74, 6) is -1.91. The van der Waals surface area contributed by atoms with Crippen molar-refractivity contribution in [1.29, 1.82) is 0 Å². The first-order valence-electron chi connectivity index (χ1n) is 11.9. The van der Waals surface area contributed by atoms with E-state index in [-0.39, 0.29) is 28.6 Å². The molecule has 1 unspecified atom stereocenters. The summed E-state index contributed by atoms with van der Waals surface area (Å²) in [6, 6.07) is 16.6. The third kappa shape index (κ3) is 6.83. The van der Waals surface area contributed by atoms with Gasteiger partial charge in [-0.1, -0.05) is 66.5 Å². The maximum Gasteiger partial charge on any atom is 0.264 e. The fourth-order valence-electron chi connectivity index (χ4n) is 3.93. The fourth-order valence-corrected chi connectivity index (χ4v) is 5.70. The van der Waals surface area contributed by atoms with Crippen molar-refractivity contribution in [1.82, 2.24) is 10.2 Å². The van der Waals surface area contributed by atoms with Gasteiger partial charge in [-0.3, -0.25) is 13.9 Å². The van der Waals surface area contributed by atoms with Crippen molar-refractivity contribution >= 4 is 50.7 Å². The van der Waals surface area contributed by atoms with Crippen LogP contribution in [0.3, 0.4) is 0 Å². The molecule has 1 N–H and O–H groups in total. The Kier molecular flexibility index (Phi) is 10.1. The van der Waals surface area contributed by atoms with Crippen LogP contribution in [0.15, 0.2) is 77.7 Å². The molecule has 0 saturated carbocycles. The zero-order valence-electron chi connectivity index (χ0n) is 20.9. The van der Waals surface area contributed by atoms with Gasteiger partial charge in [-0.05, 0) is 55.3 Å². The number of sulfonamides is 1. The van der Waals surface area contributed by atoms with Crippen LogP contribution in [0.25, 0.3) is 0 Å². The number of rotatable bonds is 11. The highest BCUT2D eigenvalue weighted by atomic mass is 35.5. The maximum atomic E-state index is 14.9. The van der Waals surface area contributed by atoms with Gasteiger partial charge in [-0.25, -0.2) is 12.8 Å². The van der Waals surface area contributed by atoms with Crippen molar-refractivity contribution in [3.8, 4) is 0 Å². The Morgan fingerprint density at radius 1 is 0.947 bits per heavy atom. The molecule has 3 aromatic rings. The Labute approximate surface area is 232 Å². The van der Waals surface area contributed by atoms with E-state index < -0.39 is 40.2 Å². The van der Waals surface area contributed by atoms with Gasteiger partial charge in [0.15, 0.2) is 0 Å². The van der Waals surface area contributed by atoms with Crippen LogP contribution in [0.5, 0.6) is 0 Å².